The van der Waals surface area contributed by atoms with Crippen molar-refractivity contribution in [2.75, 3.05) is 101 Å². The predicted molar refractivity (Wildman–Crippen MR) is 292 cm³/mol. The average Bonchev–Trinajstić information content (AvgIpc) is 3.32. The lowest BCUT2D eigenvalue weighted by atomic mass is 9.86. The van der Waals surface area contributed by atoms with E-state index in [-0.39, 0.29) is 16.9 Å². The Morgan fingerprint density at radius 1 is 0.557 bits per heavy atom. The van der Waals surface area contributed by atoms with Crippen molar-refractivity contribution in [3.05, 3.63) is 131 Å². The number of hydrogen-bond donors (Lipinski definition) is 4. The summed E-state index contributed by atoms with van der Waals surface area (Å²) >= 11 is 8.80. The Morgan fingerprint density at radius 2 is 0.986 bits per heavy atom. The van der Waals surface area contributed by atoms with E-state index in [9.17, 15) is 4.79 Å². The minimum atomic E-state index is -0.889. The highest BCUT2D eigenvalue weighted by molar-refractivity contribution is 6.93. The van der Waals surface area contributed by atoms with Gasteiger partial charge in [-0.2, -0.15) is 0 Å². The van der Waals surface area contributed by atoms with Gasteiger partial charge in [-0.3, -0.25) is 14.6 Å². The first-order valence-corrected chi connectivity index (χ1v) is 24.6. The fourth-order valence-electron chi connectivity index (χ4n) is 7.75. The number of ether oxygens (including phenoxy) is 4. The molecule has 2 heterocycles. The van der Waals surface area contributed by atoms with E-state index in [0.29, 0.717) is 13.2 Å². The van der Waals surface area contributed by atoms with Crippen molar-refractivity contribution in [1.82, 2.24) is 9.80 Å². The van der Waals surface area contributed by atoms with Gasteiger partial charge < -0.3 is 41.0 Å². The Balaban J connectivity index is 0.000000212. The largest absolute Gasteiger partial charge is 0.492 e. The zero-order valence-corrected chi connectivity index (χ0v) is 43.6. The summed E-state index contributed by atoms with van der Waals surface area (Å²) in [5.74, 6) is 1.73. The van der Waals surface area contributed by atoms with E-state index in [0.717, 1.165) is 133 Å². The van der Waals surface area contributed by atoms with Crippen LogP contribution >= 0.6 is 23.2 Å². The molecular weight excluding hydrogens is 924 g/mol. The Hall–Kier alpha value is -5.60. The van der Waals surface area contributed by atoms with Crippen molar-refractivity contribution in [1.29, 1.82) is 0 Å². The summed E-state index contributed by atoms with van der Waals surface area (Å²) in [6.45, 7) is 27.3. The number of fused-ring (bicyclic) bond motifs is 2. The normalized spacial score (nSPS) is 14.2. The maximum absolute atomic E-state index is 12.9. The molecule has 6 N–H and O–H groups in total. The molecule has 0 bridgehead atoms. The number of morpholine rings is 2. The highest BCUT2D eigenvalue weighted by atomic mass is 35.5. The topological polar surface area (TPSA) is 154 Å². The second-order valence-electron chi connectivity index (χ2n) is 19.4. The smallest absolute Gasteiger partial charge is 0.323 e. The Kier molecular flexibility index (Phi) is 21.0. The number of benzene rings is 6. The minimum absolute atomic E-state index is 0.00835. The van der Waals surface area contributed by atoms with E-state index in [1.54, 1.807) is 0 Å². The number of halogens is 2. The molecule has 0 radical (unpaired) electrons. The number of nitrogens with zero attached hydrogens (tertiary/aromatic N) is 2. The quantitative estimate of drug-likeness (QED) is 0.0770. The zero-order chi connectivity index (χ0) is 50.8. The summed E-state index contributed by atoms with van der Waals surface area (Å²) in [6.07, 6.45) is 0. The second-order valence-corrected chi connectivity index (χ2v) is 20.2. The van der Waals surface area contributed by atoms with E-state index in [1.165, 1.54) is 11.1 Å². The van der Waals surface area contributed by atoms with Crippen LogP contribution in [0.1, 0.15) is 63.8 Å². The molecule has 70 heavy (non-hydrogen) atoms. The number of carbonyl (C=O) groups is 2. The summed E-state index contributed by atoms with van der Waals surface area (Å²) in [6, 6.07) is 36.0. The first kappa shape index (κ1) is 55.3. The van der Waals surface area contributed by atoms with Gasteiger partial charge >= 0.3 is 10.7 Å². The van der Waals surface area contributed by atoms with Crippen LogP contribution in [0.25, 0.3) is 21.5 Å². The van der Waals surface area contributed by atoms with Crippen LogP contribution in [0, 0.1) is 13.8 Å². The molecule has 6 aromatic carbocycles. The van der Waals surface area contributed by atoms with Crippen molar-refractivity contribution >= 4 is 78.2 Å². The predicted octanol–water partition coefficient (Wildman–Crippen LogP) is 12.4. The molecule has 2 saturated heterocycles. The molecule has 0 spiro atoms. The summed E-state index contributed by atoms with van der Waals surface area (Å²) in [5, 5.41) is 10.1. The molecule has 2 aliphatic heterocycles. The number of nitrogen functional groups attached to an aromatic ring is 2. The number of amides is 2. The van der Waals surface area contributed by atoms with E-state index in [2.05, 4.69) is 128 Å². The number of urea groups is 1. The number of carbonyl (C=O) groups excluding carboxylic acids is 2. The highest BCUT2D eigenvalue weighted by Crippen LogP contribution is 2.33. The standard InChI is InChI=1S/C28H35N3O3.C16H20N2O2.C11H17N.CCl2O/c1-20-9-10-21(28(2,3)4)19-25(20)30-27(32)29-24-11-12-26(23-8-6-5-7-22(23)24)34-18-15-31-13-16-33-17-14-31;17-15-5-6-16(14-4-2-1-3-13(14)15)20-12-9-18-7-10-19-11-8-18;1-8-5-6-9(7-10(8)12)11(2,3)4;2-1(3)4/h5-12,19H,13-18H2,1-4H3,(H2,29,30,32);1-6H,7-12,17H2;5-7H,12H2,1-4H3;. The molecule has 6 aromatic rings. The van der Waals surface area contributed by atoms with Crippen molar-refractivity contribution in [2.45, 2.75) is 66.2 Å². The van der Waals surface area contributed by atoms with E-state index >= 15 is 0 Å². The van der Waals surface area contributed by atoms with Crippen LogP contribution in [0.4, 0.5) is 32.3 Å². The van der Waals surface area contributed by atoms with Crippen LogP contribution in [0.2, 0.25) is 0 Å². The monoisotopic (exact) mass is 994 g/mol. The number of nitrogens with one attached hydrogen (secondary N) is 2. The molecule has 0 unspecified atom stereocenters. The van der Waals surface area contributed by atoms with Crippen LogP contribution in [0.15, 0.2) is 109 Å². The zero-order valence-electron chi connectivity index (χ0n) is 42.1. The number of aryl methyl sites for hydroxylation is 2. The Morgan fingerprint density at radius 3 is 1.49 bits per heavy atom. The van der Waals surface area contributed by atoms with E-state index in [1.807, 2.05) is 80.6 Å². The van der Waals surface area contributed by atoms with Crippen LogP contribution in [0.3, 0.4) is 0 Å². The van der Waals surface area contributed by atoms with Gasteiger partial charge in [0.25, 0.3) is 0 Å². The summed E-state index contributed by atoms with van der Waals surface area (Å²) in [5.41, 5.74) is 19.9. The molecule has 14 heteroatoms. The van der Waals surface area contributed by atoms with Crippen LogP contribution < -0.4 is 31.6 Å². The van der Waals surface area contributed by atoms with Crippen LogP contribution in [-0.2, 0) is 20.3 Å². The third kappa shape index (κ3) is 17.4. The summed E-state index contributed by atoms with van der Waals surface area (Å²) < 4.78 is 21.9. The molecule has 376 valence electrons. The maximum atomic E-state index is 12.9. The van der Waals surface area contributed by atoms with Gasteiger partial charge in [0, 0.05) is 77.9 Å². The van der Waals surface area contributed by atoms with Crippen molar-refractivity contribution in [2.24, 2.45) is 0 Å². The van der Waals surface area contributed by atoms with Gasteiger partial charge in [-0.25, -0.2) is 4.79 Å². The number of hydrogen-bond acceptors (Lipinski definition) is 10. The first-order chi connectivity index (χ1) is 33.3. The summed E-state index contributed by atoms with van der Waals surface area (Å²) in [7, 11) is 0. The second kappa shape index (κ2) is 26.6. The van der Waals surface area contributed by atoms with Gasteiger partial charge in [0.05, 0.1) is 32.1 Å². The molecule has 2 fully saturated rings. The molecular formula is C56H72Cl2N6O6. The van der Waals surface area contributed by atoms with Gasteiger partial charge in [0.15, 0.2) is 0 Å². The lowest BCUT2D eigenvalue weighted by molar-refractivity contribution is 0.0322. The molecule has 0 aromatic heterocycles. The maximum Gasteiger partial charge on any atom is 0.323 e. The Bertz CT molecular complexity index is 2630. The summed E-state index contributed by atoms with van der Waals surface area (Å²) in [4.78, 5) is 26.6. The minimum Gasteiger partial charge on any atom is -0.492 e. The molecule has 8 rings (SSSR count). The van der Waals surface area contributed by atoms with Crippen molar-refractivity contribution < 1.29 is 28.5 Å². The molecule has 0 aliphatic carbocycles. The van der Waals surface area contributed by atoms with Gasteiger partial charge in [-0.05, 0) is 107 Å². The lowest BCUT2D eigenvalue weighted by Gasteiger charge is -2.26. The third-order valence-corrected chi connectivity index (χ3v) is 12.1. The number of nitrogens with two attached hydrogens (primary N) is 2. The number of anilines is 4. The van der Waals surface area contributed by atoms with E-state index < -0.39 is 4.70 Å². The highest BCUT2D eigenvalue weighted by Gasteiger charge is 2.18. The lowest BCUT2D eigenvalue weighted by Crippen LogP contribution is -2.38. The molecule has 2 aliphatic rings. The third-order valence-electron chi connectivity index (χ3n) is 12.1. The van der Waals surface area contributed by atoms with Crippen molar-refractivity contribution in [3.8, 4) is 11.5 Å². The van der Waals surface area contributed by atoms with Crippen molar-refractivity contribution in [3.63, 3.8) is 0 Å². The van der Waals surface area contributed by atoms with Gasteiger partial charge in [0.1, 0.15) is 24.7 Å². The van der Waals surface area contributed by atoms with Gasteiger partial charge in [-0.1, -0.05) is 114 Å². The molecule has 12 nitrogen and oxygen atoms in total. The Labute approximate surface area is 424 Å². The van der Waals surface area contributed by atoms with E-state index in [4.69, 9.17) is 35.2 Å². The van der Waals surface area contributed by atoms with Crippen LogP contribution in [-0.4, -0.2) is 99.4 Å². The van der Waals surface area contributed by atoms with Gasteiger partial charge in [-0.15, -0.1) is 0 Å². The fraction of sp³-hybridized carbons (Fsp3) is 0.393. The first-order valence-electron chi connectivity index (χ1n) is 23.9. The molecule has 2 amide bonds. The van der Waals surface area contributed by atoms with Gasteiger partial charge in [0.2, 0.25) is 0 Å². The fourth-order valence-corrected chi connectivity index (χ4v) is 7.75. The molecule has 0 atom stereocenters. The number of rotatable bonds is 10. The average molecular weight is 996 g/mol. The van der Waals surface area contributed by atoms with Crippen LogP contribution in [0.5, 0.6) is 11.5 Å². The molecule has 0 saturated carbocycles. The SMILES string of the molecule is Cc1ccc(C(C)(C)C)cc1N.Cc1ccc(C(C)(C)C)cc1NC(=O)Nc1ccc(OCCN2CCOCC2)c2ccccc12.Nc1ccc(OCCN2CCOCC2)c2ccccc12.O=C(Cl)Cl.